The number of imidazole rings is 1. The van der Waals surface area contributed by atoms with Crippen molar-refractivity contribution in [1.82, 2.24) is 9.38 Å². The Labute approximate surface area is 93.1 Å². The number of rotatable bonds is 2. The minimum atomic E-state index is -1.04. The molecule has 4 nitrogen and oxygen atoms in total. The Morgan fingerprint density at radius 1 is 1.53 bits per heavy atom. The number of aromatic nitrogens is 2. The molecule has 80 valence electrons. The molecule has 0 fully saturated rings. The second-order valence-electron chi connectivity index (χ2n) is 3.10. The number of fused-ring (bicyclic) bond motifs is 1. The summed E-state index contributed by atoms with van der Waals surface area (Å²) < 4.78 is 15.0. The van der Waals surface area contributed by atoms with E-state index in [0.29, 0.717) is 15.8 Å². The second kappa shape index (κ2) is 3.88. The van der Waals surface area contributed by atoms with Crippen LogP contribution in [0.3, 0.4) is 0 Å². The maximum Gasteiger partial charge on any atom is 0.142 e. The first-order valence-electron chi connectivity index (χ1n) is 4.24. The van der Waals surface area contributed by atoms with Gasteiger partial charge in [-0.3, -0.25) is 0 Å². The summed E-state index contributed by atoms with van der Waals surface area (Å²) >= 11 is 3.04. The standard InChI is InChI=1S/C9H8BrFN2O2/c10-5-2-13-3-7(8(15)4-14)12-9(13)1-6(5)11/h1-3,8,14-15H,4H2. The van der Waals surface area contributed by atoms with Gasteiger partial charge in [0, 0.05) is 18.5 Å². The zero-order valence-corrected chi connectivity index (χ0v) is 9.15. The number of pyridine rings is 1. The Morgan fingerprint density at radius 2 is 2.27 bits per heavy atom. The van der Waals surface area contributed by atoms with Crippen LogP contribution < -0.4 is 0 Å². The highest BCUT2D eigenvalue weighted by Gasteiger charge is 2.12. The van der Waals surface area contributed by atoms with Gasteiger partial charge in [-0.15, -0.1) is 0 Å². The molecular weight excluding hydrogens is 267 g/mol. The van der Waals surface area contributed by atoms with Crippen LogP contribution in [0.2, 0.25) is 0 Å². The molecular formula is C9H8BrFN2O2. The quantitative estimate of drug-likeness (QED) is 0.867. The number of halogens is 2. The van der Waals surface area contributed by atoms with Crippen molar-refractivity contribution in [3.05, 3.63) is 34.4 Å². The summed E-state index contributed by atoms with van der Waals surface area (Å²) in [5.41, 5.74) is 0.702. The number of aliphatic hydroxyl groups is 2. The molecule has 1 unspecified atom stereocenters. The number of hydrogen-bond acceptors (Lipinski definition) is 3. The van der Waals surface area contributed by atoms with Crippen LogP contribution in [-0.4, -0.2) is 26.2 Å². The molecule has 15 heavy (non-hydrogen) atoms. The van der Waals surface area contributed by atoms with E-state index in [4.69, 9.17) is 5.11 Å². The molecule has 2 aromatic heterocycles. The summed E-state index contributed by atoms with van der Waals surface area (Å²) in [6.45, 7) is -0.409. The second-order valence-corrected chi connectivity index (χ2v) is 3.95. The molecule has 0 radical (unpaired) electrons. The van der Waals surface area contributed by atoms with E-state index in [1.54, 1.807) is 10.6 Å². The Morgan fingerprint density at radius 3 is 2.93 bits per heavy atom. The van der Waals surface area contributed by atoms with Gasteiger partial charge < -0.3 is 14.6 Å². The van der Waals surface area contributed by atoms with Crippen LogP contribution in [-0.2, 0) is 0 Å². The van der Waals surface area contributed by atoms with Crippen molar-refractivity contribution in [3.63, 3.8) is 0 Å². The zero-order chi connectivity index (χ0) is 11.0. The molecule has 0 amide bonds. The number of nitrogens with zero attached hydrogens (tertiary/aromatic N) is 2. The fourth-order valence-corrected chi connectivity index (χ4v) is 1.59. The molecule has 0 spiro atoms. The summed E-state index contributed by atoms with van der Waals surface area (Å²) in [5, 5.41) is 18.1. The fraction of sp³-hybridized carbons (Fsp3) is 0.222. The van der Waals surface area contributed by atoms with Gasteiger partial charge in [0.1, 0.15) is 17.6 Å². The van der Waals surface area contributed by atoms with Gasteiger partial charge in [-0.25, -0.2) is 9.37 Å². The monoisotopic (exact) mass is 274 g/mol. The van der Waals surface area contributed by atoms with E-state index in [-0.39, 0.29) is 0 Å². The van der Waals surface area contributed by atoms with Crippen LogP contribution in [0.5, 0.6) is 0 Å². The minimum Gasteiger partial charge on any atom is -0.393 e. The Hall–Kier alpha value is -0.980. The molecule has 6 heteroatoms. The molecule has 0 saturated heterocycles. The van der Waals surface area contributed by atoms with Gasteiger partial charge in [0.05, 0.1) is 16.8 Å². The predicted molar refractivity (Wildman–Crippen MR) is 54.9 cm³/mol. The van der Waals surface area contributed by atoms with Gasteiger partial charge in [-0.1, -0.05) is 0 Å². The van der Waals surface area contributed by atoms with Crippen LogP contribution >= 0.6 is 15.9 Å². The molecule has 2 aromatic rings. The number of hydrogen-bond donors (Lipinski definition) is 2. The Kier molecular flexibility index (Phi) is 2.72. The first kappa shape index (κ1) is 10.5. The fourth-order valence-electron chi connectivity index (χ4n) is 1.26. The zero-order valence-electron chi connectivity index (χ0n) is 7.56. The smallest absolute Gasteiger partial charge is 0.142 e. The third-order valence-corrected chi connectivity index (χ3v) is 2.61. The lowest BCUT2D eigenvalue weighted by molar-refractivity contribution is 0.0927. The van der Waals surface area contributed by atoms with Crippen molar-refractivity contribution in [1.29, 1.82) is 0 Å². The predicted octanol–water partition coefficient (Wildman–Crippen LogP) is 1.26. The first-order chi connectivity index (χ1) is 7.11. The molecule has 2 rings (SSSR count). The average molecular weight is 275 g/mol. The van der Waals surface area contributed by atoms with Gasteiger partial charge in [0.2, 0.25) is 0 Å². The van der Waals surface area contributed by atoms with Gasteiger partial charge in [0.15, 0.2) is 0 Å². The number of aliphatic hydroxyl groups excluding tert-OH is 2. The average Bonchev–Trinajstić information content (AvgIpc) is 2.60. The Bertz CT molecular complexity index is 461. The molecule has 2 heterocycles. The highest BCUT2D eigenvalue weighted by atomic mass is 79.9. The van der Waals surface area contributed by atoms with E-state index in [1.807, 2.05) is 0 Å². The molecule has 0 saturated carbocycles. The SMILES string of the molecule is OCC(O)c1cn2cc(Br)c(F)cc2n1. The highest BCUT2D eigenvalue weighted by molar-refractivity contribution is 9.10. The third-order valence-electron chi connectivity index (χ3n) is 2.03. The van der Waals surface area contributed by atoms with Crippen molar-refractivity contribution in [2.24, 2.45) is 0 Å². The van der Waals surface area contributed by atoms with Crippen molar-refractivity contribution >= 4 is 21.6 Å². The molecule has 0 aliphatic carbocycles. The largest absolute Gasteiger partial charge is 0.393 e. The third kappa shape index (κ3) is 1.88. The lowest BCUT2D eigenvalue weighted by Gasteiger charge is -1.99. The summed E-state index contributed by atoms with van der Waals surface area (Å²) in [5.74, 6) is -0.418. The summed E-state index contributed by atoms with van der Waals surface area (Å²) in [6.07, 6.45) is 2.01. The maximum atomic E-state index is 13.1. The van der Waals surface area contributed by atoms with Crippen molar-refractivity contribution < 1.29 is 14.6 Å². The Balaban J connectivity index is 2.56. The normalized spacial score (nSPS) is 13.3. The first-order valence-corrected chi connectivity index (χ1v) is 5.03. The lowest BCUT2D eigenvalue weighted by atomic mass is 10.3. The van der Waals surface area contributed by atoms with Gasteiger partial charge in [-0.05, 0) is 15.9 Å². The van der Waals surface area contributed by atoms with Crippen LogP contribution in [0, 0.1) is 5.82 Å². The minimum absolute atomic E-state index is 0.315. The van der Waals surface area contributed by atoms with Crippen molar-refractivity contribution in [2.75, 3.05) is 6.61 Å². The van der Waals surface area contributed by atoms with E-state index in [9.17, 15) is 9.50 Å². The molecule has 1 atom stereocenters. The lowest BCUT2D eigenvalue weighted by Crippen LogP contribution is -2.02. The summed E-state index contributed by atoms with van der Waals surface area (Å²) in [7, 11) is 0. The van der Waals surface area contributed by atoms with E-state index >= 15 is 0 Å². The van der Waals surface area contributed by atoms with E-state index in [0.717, 1.165) is 0 Å². The van der Waals surface area contributed by atoms with Gasteiger partial charge in [0.25, 0.3) is 0 Å². The molecule has 0 aliphatic heterocycles. The summed E-state index contributed by atoms with van der Waals surface area (Å²) in [4.78, 5) is 3.98. The van der Waals surface area contributed by atoms with Crippen LogP contribution in [0.1, 0.15) is 11.8 Å². The summed E-state index contributed by atoms with van der Waals surface area (Å²) in [6, 6.07) is 1.25. The van der Waals surface area contributed by atoms with Crippen molar-refractivity contribution in [2.45, 2.75) is 6.10 Å². The van der Waals surface area contributed by atoms with Crippen LogP contribution in [0.25, 0.3) is 5.65 Å². The topological polar surface area (TPSA) is 57.8 Å². The maximum absolute atomic E-state index is 13.1. The van der Waals surface area contributed by atoms with E-state index in [2.05, 4.69) is 20.9 Å². The highest BCUT2D eigenvalue weighted by Crippen LogP contribution is 2.19. The van der Waals surface area contributed by atoms with Gasteiger partial charge >= 0.3 is 0 Å². The van der Waals surface area contributed by atoms with E-state index < -0.39 is 18.5 Å². The van der Waals surface area contributed by atoms with Gasteiger partial charge in [-0.2, -0.15) is 0 Å². The molecule has 0 aromatic carbocycles. The van der Waals surface area contributed by atoms with Crippen LogP contribution in [0.4, 0.5) is 4.39 Å². The van der Waals surface area contributed by atoms with E-state index in [1.165, 1.54) is 12.3 Å². The molecule has 0 bridgehead atoms. The molecule has 2 N–H and O–H groups in total. The van der Waals surface area contributed by atoms with Crippen molar-refractivity contribution in [3.8, 4) is 0 Å². The van der Waals surface area contributed by atoms with Crippen LogP contribution in [0.15, 0.2) is 22.9 Å². The molecule has 0 aliphatic rings.